The van der Waals surface area contributed by atoms with E-state index < -0.39 is 0 Å². The fourth-order valence-electron chi connectivity index (χ4n) is 2.52. The number of hydrogen-bond donors (Lipinski definition) is 1. The largest absolute Gasteiger partial charge is 0.316 e. The van der Waals surface area contributed by atoms with Crippen LogP contribution in [0.15, 0.2) is 22.7 Å². The van der Waals surface area contributed by atoms with Crippen molar-refractivity contribution >= 4 is 15.9 Å². The zero-order valence-corrected chi connectivity index (χ0v) is 14.7. The maximum Gasteiger partial charge on any atom is 0.126 e. The van der Waals surface area contributed by atoms with Gasteiger partial charge >= 0.3 is 0 Å². The molecule has 1 aromatic carbocycles. The molecular weight excluding hydrogens is 317 g/mol. The number of halogens is 2. The molecule has 3 heteroatoms. The SMILES string of the molecule is CCC(CC)(CNCC(C)C)Cc1cc(Br)ccc1F. The van der Waals surface area contributed by atoms with Crippen LogP contribution in [-0.4, -0.2) is 13.1 Å². The van der Waals surface area contributed by atoms with Gasteiger partial charge in [-0.05, 0) is 60.9 Å². The van der Waals surface area contributed by atoms with Gasteiger partial charge in [-0.2, -0.15) is 0 Å². The molecule has 0 radical (unpaired) electrons. The Kier molecular flexibility index (Phi) is 7.18. The third-order valence-corrected chi connectivity index (χ3v) is 4.62. The average Bonchev–Trinajstić information content (AvgIpc) is 2.41. The van der Waals surface area contributed by atoms with Crippen molar-refractivity contribution in [3.05, 3.63) is 34.1 Å². The maximum absolute atomic E-state index is 14.0. The zero-order valence-electron chi connectivity index (χ0n) is 13.1. The van der Waals surface area contributed by atoms with E-state index in [0.717, 1.165) is 42.4 Å². The van der Waals surface area contributed by atoms with Gasteiger partial charge in [-0.15, -0.1) is 0 Å². The number of hydrogen-bond acceptors (Lipinski definition) is 1. The van der Waals surface area contributed by atoms with E-state index in [1.807, 2.05) is 6.07 Å². The van der Waals surface area contributed by atoms with E-state index >= 15 is 0 Å². The molecular formula is C17H27BrFN. The van der Waals surface area contributed by atoms with Crippen LogP contribution < -0.4 is 5.32 Å². The van der Waals surface area contributed by atoms with Crippen LogP contribution in [0.3, 0.4) is 0 Å². The molecule has 1 nitrogen and oxygen atoms in total. The van der Waals surface area contributed by atoms with Gasteiger partial charge in [-0.1, -0.05) is 43.6 Å². The zero-order chi connectivity index (χ0) is 15.2. The Bertz CT molecular complexity index is 413. The molecule has 1 rings (SSSR count). The van der Waals surface area contributed by atoms with Crippen molar-refractivity contribution in [3.8, 4) is 0 Å². The first-order valence-corrected chi connectivity index (χ1v) is 8.36. The summed E-state index contributed by atoms with van der Waals surface area (Å²) in [6, 6.07) is 5.23. The van der Waals surface area contributed by atoms with E-state index in [0.29, 0.717) is 5.92 Å². The quantitative estimate of drug-likeness (QED) is 0.685. The summed E-state index contributed by atoms with van der Waals surface area (Å²) in [5.41, 5.74) is 0.950. The van der Waals surface area contributed by atoms with Crippen molar-refractivity contribution in [2.75, 3.05) is 13.1 Å². The molecule has 0 aliphatic heterocycles. The van der Waals surface area contributed by atoms with Crippen LogP contribution in [0.1, 0.15) is 46.1 Å². The highest BCUT2D eigenvalue weighted by molar-refractivity contribution is 9.10. The van der Waals surface area contributed by atoms with Crippen LogP contribution in [0.5, 0.6) is 0 Å². The van der Waals surface area contributed by atoms with Crippen LogP contribution in [-0.2, 0) is 6.42 Å². The third kappa shape index (κ3) is 5.17. The van der Waals surface area contributed by atoms with Crippen LogP contribution in [0, 0.1) is 17.2 Å². The minimum absolute atomic E-state index is 0.0941. The molecule has 0 spiro atoms. The molecule has 0 aliphatic rings. The number of rotatable bonds is 8. The van der Waals surface area contributed by atoms with E-state index in [-0.39, 0.29) is 11.2 Å². The summed E-state index contributed by atoms with van der Waals surface area (Å²) in [6.07, 6.45) is 2.90. The number of benzene rings is 1. The summed E-state index contributed by atoms with van der Waals surface area (Å²) in [5.74, 6) is 0.548. The monoisotopic (exact) mass is 343 g/mol. The molecule has 0 aliphatic carbocycles. The maximum atomic E-state index is 14.0. The highest BCUT2D eigenvalue weighted by atomic mass is 79.9. The Labute approximate surface area is 131 Å². The molecule has 0 fully saturated rings. The number of nitrogens with one attached hydrogen (secondary N) is 1. The molecule has 0 saturated heterocycles. The van der Waals surface area contributed by atoms with Crippen LogP contribution in [0.2, 0.25) is 0 Å². The minimum Gasteiger partial charge on any atom is -0.316 e. The predicted molar refractivity (Wildman–Crippen MR) is 88.5 cm³/mol. The molecule has 0 bridgehead atoms. The standard InChI is InChI=1S/C17H27BrFN/c1-5-17(6-2,12-20-11-13(3)4)10-14-9-15(18)7-8-16(14)19/h7-9,13,20H,5-6,10-12H2,1-4H3. The van der Waals surface area contributed by atoms with Crippen molar-refractivity contribution in [2.45, 2.75) is 47.0 Å². The Morgan fingerprint density at radius 2 is 1.90 bits per heavy atom. The van der Waals surface area contributed by atoms with E-state index in [2.05, 4.69) is 48.9 Å². The van der Waals surface area contributed by atoms with Crippen molar-refractivity contribution in [2.24, 2.45) is 11.3 Å². The summed E-state index contributed by atoms with van der Waals surface area (Å²) < 4.78 is 14.9. The molecule has 1 aromatic rings. The van der Waals surface area contributed by atoms with Crippen LogP contribution in [0.4, 0.5) is 4.39 Å². The summed E-state index contributed by atoms with van der Waals surface area (Å²) in [5, 5.41) is 3.55. The van der Waals surface area contributed by atoms with Gasteiger partial charge in [-0.3, -0.25) is 0 Å². The van der Waals surface area contributed by atoms with Gasteiger partial charge in [0.15, 0.2) is 0 Å². The van der Waals surface area contributed by atoms with Crippen molar-refractivity contribution in [1.82, 2.24) is 5.32 Å². The van der Waals surface area contributed by atoms with E-state index in [9.17, 15) is 4.39 Å². The first-order valence-electron chi connectivity index (χ1n) is 7.57. The smallest absolute Gasteiger partial charge is 0.126 e. The van der Waals surface area contributed by atoms with Crippen molar-refractivity contribution in [1.29, 1.82) is 0 Å². The van der Waals surface area contributed by atoms with Gasteiger partial charge in [-0.25, -0.2) is 4.39 Å². The van der Waals surface area contributed by atoms with E-state index in [1.165, 1.54) is 0 Å². The fraction of sp³-hybridized carbons (Fsp3) is 0.647. The van der Waals surface area contributed by atoms with Gasteiger partial charge in [0.1, 0.15) is 5.82 Å². The van der Waals surface area contributed by atoms with Gasteiger partial charge in [0.2, 0.25) is 0 Å². The molecule has 0 atom stereocenters. The summed E-state index contributed by atoms with van der Waals surface area (Å²) in [7, 11) is 0. The first kappa shape index (κ1) is 17.6. The van der Waals surface area contributed by atoms with Gasteiger partial charge < -0.3 is 5.32 Å². The lowest BCUT2D eigenvalue weighted by Gasteiger charge is -2.33. The third-order valence-electron chi connectivity index (χ3n) is 4.13. The molecule has 0 aromatic heterocycles. The average molecular weight is 344 g/mol. The van der Waals surface area contributed by atoms with Gasteiger partial charge in [0.25, 0.3) is 0 Å². The van der Waals surface area contributed by atoms with E-state index in [4.69, 9.17) is 0 Å². The molecule has 20 heavy (non-hydrogen) atoms. The second kappa shape index (κ2) is 8.14. The highest BCUT2D eigenvalue weighted by Gasteiger charge is 2.27. The Morgan fingerprint density at radius 1 is 1.25 bits per heavy atom. The molecule has 0 amide bonds. The van der Waals surface area contributed by atoms with Gasteiger partial charge in [0, 0.05) is 11.0 Å². The summed E-state index contributed by atoms with van der Waals surface area (Å²) >= 11 is 3.44. The minimum atomic E-state index is -0.0941. The van der Waals surface area contributed by atoms with Crippen molar-refractivity contribution in [3.63, 3.8) is 0 Å². The lowest BCUT2D eigenvalue weighted by Crippen LogP contribution is -2.37. The molecule has 0 saturated carbocycles. The Morgan fingerprint density at radius 3 is 2.45 bits per heavy atom. The Balaban J connectivity index is 2.81. The normalized spacial score (nSPS) is 12.2. The predicted octanol–water partition coefficient (Wildman–Crippen LogP) is 5.18. The second-order valence-electron chi connectivity index (χ2n) is 6.14. The lowest BCUT2D eigenvalue weighted by molar-refractivity contribution is 0.240. The second-order valence-corrected chi connectivity index (χ2v) is 7.06. The summed E-state index contributed by atoms with van der Waals surface area (Å²) in [4.78, 5) is 0. The van der Waals surface area contributed by atoms with Crippen LogP contribution in [0.25, 0.3) is 0 Å². The van der Waals surface area contributed by atoms with E-state index in [1.54, 1.807) is 12.1 Å². The lowest BCUT2D eigenvalue weighted by atomic mass is 9.76. The van der Waals surface area contributed by atoms with Crippen molar-refractivity contribution < 1.29 is 4.39 Å². The summed E-state index contributed by atoms with van der Waals surface area (Å²) in [6.45, 7) is 10.8. The molecule has 0 unspecified atom stereocenters. The van der Waals surface area contributed by atoms with Crippen LogP contribution >= 0.6 is 15.9 Å². The molecule has 114 valence electrons. The van der Waals surface area contributed by atoms with Gasteiger partial charge in [0.05, 0.1) is 0 Å². The molecule has 0 heterocycles. The molecule has 1 N–H and O–H groups in total. The highest BCUT2D eigenvalue weighted by Crippen LogP contribution is 2.32. The topological polar surface area (TPSA) is 12.0 Å². The Hall–Kier alpha value is -0.410. The fourth-order valence-corrected chi connectivity index (χ4v) is 2.93. The first-order chi connectivity index (χ1) is 9.42.